The molecular weight excluding hydrogens is 234 g/mol. The first kappa shape index (κ1) is 10.5. The molecule has 88 valence electrons. The van der Waals surface area contributed by atoms with Gasteiger partial charge in [-0.1, -0.05) is 0 Å². The molecule has 2 aromatic rings. The first-order valence-corrected chi connectivity index (χ1v) is 6.40. The Morgan fingerprint density at radius 2 is 2.35 bits per heavy atom. The highest BCUT2D eigenvalue weighted by Gasteiger charge is 2.32. The number of nitrogens with two attached hydrogens (primary N) is 1. The number of amides is 1. The number of nitrogens with zero attached hydrogens (tertiary/aromatic N) is 2. The number of carbonyl (C=O) groups is 1. The molecule has 0 radical (unpaired) electrons. The van der Waals surface area contributed by atoms with Gasteiger partial charge in [-0.25, -0.2) is 4.98 Å². The zero-order valence-corrected chi connectivity index (χ0v) is 10.3. The number of thiophene rings is 1. The van der Waals surface area contributed by atoms with E-state index in [2.05, 4.69) is 4.98 Å². The molecule has 2 aromatic heterocycles. The Morgan fingerprint density at radius 3 is 3.00 bits per heavy atom. The average molecular weight is 247 g/mol. The molecule has 0 aliphatic heterocycles. The topological polar surface area (TPSA) is 59.2 Å². The fourth-order valence-electron chi connectivity index (χ4n) is 1.90. The molecule has 1 amide bonds. The van der Waals surface area contributed by atoms with Gasteiger partial charge in [-0.3, -0.25) is 4.79 Å². The Bertz CT molecular complexity index is 588. The van der Waals surface area contributed by atoms with E-state index in [4.69, 9.17) is 5.73 Å². The van der Waals surface area contributed by atoms with Crippen LogP contribution in [0.3, 0.4) is 0 Å². The summed E-state index contributed by atoms with van der Waals surface area (Å²) in [5.41, 5.74) is 6.59. The van der Waals surface area contributed by atoms with Crippen LogP contribution in [0.25, 0.3) is 10.2 Å². The normalized spacial score (nSPS) is 15.1. The average Bonchev–Trinajstić information content (AvgIpc) is 3.14. The lowest BCUT2D eigenvalue weighted by Crippen LogP contribution is -2.28. The molecule has 0 atom stereocenters. The summed E-state index contributed by atoms with van der Waals surface area (Å²) in [5.74, 6) is 0.0213. The molecule has 1 saturated carbocycles. The maximum Gasteiger partial charge on any atom is 0.266 e. The maximum absolute atomic E-state index is 12.2. The minimum Gasteiger partial charge on any atom is -0.397 e. The number of pyridine rings is 1. The van der Waals surface area contributed by atoms with E-state index in [1.807, 2.05) is 19.2 Å². The molecule has 1 aliphatic rings. The van der Waals surface area contributed by atoms with Crippen molar-refractivity contribution in [3.8, 4) is 0 Å². The quantitative estimate of drug-likeness (QED) is 0.884. The third-order valence-corrected chi connectivity index (χ3v) is 4.23. The second kappa shape index (κ2) is 3.70. The second-order valence-electron chi connectivity index (χ2n) is 4.35. The van der Waals surface area contributed by atoms with Gasteiger partial charge in [0.2, 0.25) is 0 Å². The fraction of sp³-hybridized carbons (Fsp3) is 0.333. The number of aromatic nitrogens is 1. The van der Waals surface area contributed by atoms with Crippen LogP contribution in [-0.2, 0) is 0 Å². The van der Waals surface area contributed by atoms with Gasteiger partial charge in [0.05, 0.1) is 5.69 Å². The molecule has 3 rings (SSSR count). The molecule has 0 spiro atoms. The Morgan fingerprint density at radius 1 is 1.59 bits per heavy atom. The van der Waals surface area contributed by atoms with Crippen molar-refractivity contribution in [1.82, 2.24) is 9.88 Å². The van der Waals surface area contributed by atoms with E-state index in [0.29, 0.717) is 16.6 Å². The van der Waals surface area contributed by atoms with E-state index in [0.717, 1.165) is 23.1 Å². The van der Waals surface area contributed by atoms with Crippen molar-refractivity contribution in [2.45, 2.75) is 18.9 Å². The van der Waals surface area contributed by atoms with Crippen LogP contribution in [0.2, 0.25) is 0 Å². The Hall–Kier alpha value is -1.62. The molecule has 0 bridgehead atoms. The highest BCUT2D eigenvalue weighted by atomic mass is 32.1. The predicted octanol–water partition coefficient (Wildman–Crippen LogP) is 2.11. The number of hydrogen-bond donors (Lipinski definition) is 1. The summed E-state index contributed by atoms with van der Waals surface area (Å²) < 4.78 is 0. The Balaban J connectivity index is 2.04. The number of nitrogen functional groups attached to an aromatic ring is 1. The number of anilines is 1. The minimum atomic E-state index is 0.0213. The van der Waals surface area contributed by atoms with Crippen molar-refractivity contribution < 1.29 is 4.79 Å². The van der Waals surface area contributed by atoms with Crippen LogP contribution in [0.4, 0.5) is 5.69 Å². The SMILES string of the molecule is CN(C(=O)c1sc2ncccc2c1N)C1CC1. The largest absolute Gasteiger partial charge is 0.397 e. The van der Waals surface area contributed by atoms with E-state index >= 15 is 0 Å². The van der Waals surface area contributed by atoms with E-state index in [1.165, 1.54) is 11.3 Å². The van der Waals surface area contributed by atoms with Gasteiger partial charge in [-0.05, 0) is 25.0 Å². The molecule has 4 nitrogen and oxygen atoms in total. The van der Waals surface area contributed by atoms with Gasteiger partial charge in [0.15, 0.2) is 0 Å². The molecule has 0 aromatic carbocycles. The molecule has 0 saturated heterocycles. The zero-order valence-electron chi connectivity index (χ0n) is 9.51. The van der Waals surface area contributed by atoms with Crippen molar-refractivity contribution in [3.05, 3.63) is 23.2 Å². The summed E-state index contributed by atoms with van der Waals surface area (Å²) in [5, 5.41) is 0.880. The lowest BCUT2D eigenvalue weighted by Gasteiger charge is -2.15. The van der Waals surface area contributed by atoms with E-state index in [9.17, 15) is 4.79 Å². The lowest BCUT2D eigenvalue weighted by molar-refractivity contribution is 0.0791. The van der Waals surface area contributed by atoms with Crippen LogP contribution in [0.1, 0.15) is 22.5 Å². The molecule has 1 aliphatic carbocycles. The van der Waals surface area contributed by atoms with Gasteiger partial charge in [0, 0.05) is 24.7 Å². The van der Waals surface area contributed by atoms with Gasteiger partial charge < -0.3 is 10.6 Å². The number of rotatable bonds is 2. The fourth-order valence-corrected chi connectivity index (χ4v) is 2.94. The summed E-state index contributed by atoms with van der Waals surface area (Å²) >= 11 is 1.38. The second-order valence-corrected chi connectivity index (χ2v) is 5.35. The maximum atomic E-state index is 12.2. The number of hydrogen-bond acceptors (Lipinski definition) is 4. The minimum absolute atomic E-state index is 0.0213. The molecular formula is C12H13N3OS. The first-order chi connectivity index (χ1) is 8.18. The Kier molecular flexibility index (Phi) is 2.29. The van der Waals surface area contributed by atoms with Crippen molar-refractivity contribution in [1.29, 1.82) is 0 Å². The monoisotopic (exact) mass is 247 g/mol. The molecule has 2 N–H and O–H groups in total. The molecule has 17 heavy (non-hydrogen) atoms. The van der Waals surface area contributed by atoms with Crippen LogP contribution < -0.4 is 5.73 Å². The summed E-state index contributed by atoms with van der Waals surface area (Å²) in [7, 11) is 1.84. The van der Waals surface area contributed by atoms with Gasteiger partial charge in [0.1, 0.15) is 9.71 Å². The van der Waals surface area contributed by atoms with Crippen molar-refractivity contribution in [2.24, 2.45) is 0 Å². The van der Waals surface area contributed by atoms with Gasteiger partial charge in [0.25, 0.3) is 5.91 Å². The van der Waals surface area contributed by atoms with Crippen LogP contribution in [0.5, 0.6) is 0 Å². The van der Waals surface area contributed by atoms with Crippen LogP contribution in [0, 0.1) is 0 Å². The van der Waals surface area contributed by atoms with Gasteiger partial charge in [-0.15, -0.1) is 11.3 Å². The van der Waals surface area contributed by atoms with Crippen LogP contribution in [-0.4, -0.2) is 28.9 Å². The van der Waals surface area contributed by atoms with Crippen molar-refractivity contribution in [2.75, 3.05) is 12.8 Å². The van der Waals surface area contributed by atoms with Crippen molar-refractivity contribution in [3.63, 3.8) is 0 Å². The smallest absolute Gasteiger partial charge is 0.266 e. The van der Waals surface area contributed by atoms with Crippen LogP contribution in [0.15, 0.2) is 18.3 Å². The Labute approximate surface area is 103 Å². The van der Waals surface area contributed by atoms with Crippen molar-refractivity contribution >= 4 is 33.1 Å². The molecule has 2 heterocycles. The lowest BCUT2D eigenvalue weighted by atomic mass is 10.2. The van der Waals surface area contributed by atoms with Gasteiger partial charge in [-0.2, -0.15) is 0 Å². The standard InChI is InChI=1S/C12H13N3OS/c1-15(7-4-5-7)12(16)10-9(13)8-3-2-6-14-11(8)17-10/h2-3,6-7H,4-5,13H2,1H3. The molecule has 5 heteroatoms. The van der Waals surface area contributed by atoms with E-state index in [-0.39, 0.29) is 5.91 Å². The van der Waals surface area contributed by atoms with E-state index < -0.39 is 0 Å². The molecule has 0 unspecified atom stereocenters. The highest BCUT2D eigenvalue weighted by molar-refractivity contribution is 7.21. The number of fused-ring (bicyclic) bond motifs is 1. The zero-order chi connectivity index (χ0) is 12.0. The number of carbonyl (C=O) groups excluding carboxylic acids is 1. The third-order valence-electron chi connectivity index (χ3n) is 3.11. The predicted molar refractivity (Wildman–Crippen MR) is 69.1 cm³/mol. The summed E-state index contributed by atoms with van der Waals surface area (Å²) in [6.45, 7) is 0. The molecule has 1 fully saturated rings. The highest BCUT2D eigenvalue weighted by Crippen LogP contribution is 2.35. The summed E-state index contributed by atoms with van der Waals surface area (Å²) in [6, 6.07) is 4.15. The third kappa shape index (κ3) is 1.67. The summed E-state index contributed by atoms with van der Waals surface area (Å²) in [4.78, 5) is 19.7. The first-order valence-electron chi connectivity index (χ1n) is 5.58. The van der Waals surface area contributed by atoms with Crippen LogP contribution >= 0.6 is 11.3 Å². The summed E-state index contributed by atoms with van der Waals surface area (Å²) in [6.07, 6.45) is 3.92. The van der Waals surface area contributed by atoms with Gasteiger partial charge >= 0.3 is 0 Å². The van der Waals surface area contributed by atoms with E-state index in [1.54, 1.807) is 11.1 Å².